The van der Waals surface area contributed by atoms with Gasteiger partial charge in [0.15, 0.2) is 0 Å². The SMILES string of the molecule is CN1CCN(C2Cc3ccccc3Sc3ccc(B4OC(C)(C)C(C)(C)O4)cc32)CC1. The maximum Gasteiger partial charge on any atom is 0.494 e. The van der Waals surface area contributed by atoms with Gasteiger partial charge in [0, 0.05) is 42.0 Å². The van der Waals surface area contributed by atoms with Gasteiger partial charge in [-0.25, -0.2) is 0 Å². The molecule has 2 aromatic carbocycles. The van der Waals surface area contributed by atoms with Crippen LogP contribution in [-0.4, -0.2) is 61.3 Å². The number of rotatable bonds is 2. The molecule has 5 rings (SSSR count). The van der Waals surface area contributed by atoms with Crippen LogP contribution in [-0.2, 0) is 15.7 Å². The molecule has 1 atom stereocenters. The summed E-state index contributed by atoms with van der Waals surface area (Å²) in [5.74, 6) is 0. The Labute approximate surface area is 191 Å². The van der Waals surface area contributed by atoms with Gasteiger partial charge in [0.1, 0.15) is 0 Å². The standard InChI is InChI=1S/C25H33BN2O2S/c1-24(2)25(3,4)30-26(29-24)19-10-11-23-20(17-19)21(28-14-12-27(5)13-15-28)16-18-8-6-7-9-22(18)31-23/h6-11,17,21H,12-16H2,1-5H3. The Morgan fingerprint density at radius 2 is 1.58 bits per heavy atom. The fourth-order valence-electron chi connectivity index (χ4n) is 4.71. The van der Waals surface area contributed by atoms with Gasteiger partial charge in [-0.1, -0.05) is 42.1 Å². The zero-order chi connectivity index (χ0) is 21.8. The van der Waals surface area contributed by atoms with Crippen molar-refractivity contribution in [2.45, 2.75) is 61.2 Å². The summed E-state index contributed by atoms with van der Waals surface area (Å²) in [6.07, 6.45) is 1.05. The van der Waals surface area contributed by atoms with Crippen LogP contribution in [0.1, 0.15) is 44.9 Å². The zero-order valence-electron chi connectivity index (χ0n) is 19.4. The van der Waals surface area contributed by atoms with Crippen molar-refractivity contribution in [2.24, 2.45) is 0 Å². The van der Waals surface area contributed by atoms with Gasteiger partial charge in [0.2, 0.25) is 0 Å². The first-order valence-electron chi connectivity index (χ1n) is 11.4. The predicted octanol–water partition coefficient (Wildman–Crippen LogP) is 3.98. The first kappa shape index (κ1) is 21.5. The lowest BCUT2D eigenvalue weighted by atomic mass is 9.77. The number of likely N-dealkylation sites (N-methyl/N-ethyl adjacent to an activating group) is 1. The van der Waals surface area contributed by atoms with Gasteiger partial charge in [-0.2, -0.15) is 0 Å². The quantitative estimate of drug-likeness (QED) is 0.664. The fourth-order valence-corrected chi connectivity index (χ4v) is 5.83. The summed E-state index contributed by atoms with van der Waals surface area (Å²) in [7, 11) is 1.90. The summed E-state index contributed by atoms with van der Waals surface area (Å²) in [5.41, 5.74) is 3.34. The molecule has 3 heterocycles. The lowest BCUT2D eigenvalue weighted by molar-refractivity contribution is 0.00578. The Bertz CT molecular complexity index is 956. The molecule has 4 nitrogen and oxygen atoms in total. The molecule has 2 fully saturated rings. The molecule has 3 aliphatic heterocycles. The molecule has 0 saturated carbocycles. The molecule has 0 N–H and O–H groups in total. The molecule has 3 aliphatic rings. The van der Waals surface area contributed by atoms with Gasteiger partial charge in [-0.3, -0.25) is 4.90 Å². The molecule has 2 aromatic rings. The topological polar surface area (TPSA) is 24.9 Å². The average molecular weight is 436 g/mol. The fraction of sp³-hybridized carbons (Fsp3) is 0.520. The minimum absolute atomic E-state index is 0.320. The Morgan fingerprint density at radius 3 is 2.29 bits per heavy atom. The third kappa shape index (κ3) is 3.98. The molecule has 31 heavy (non-hydrogen) atoms. The normalized spacial score (nSPS) is 25.7. The van der Waals surface area contributed by atoms with Crippen molar-refractivity contribution >= 4 is 24.3 Å². The van der Waals surface area contributed by atoms with Crippen LogP contribution in [0.5, 0.6) is 0 Å². The van der Waals surface area contributed by atoms with Gasteiger partial charge in [0.25, 0.3) is 0 Å². The van der Waals surface area contributed by atoms with Crippen LogP contribution in [0.15, 0.2) is 52.3 Å². The second-order valence-electron chi connectivity index (χ2n) is 10.2. The summed E-state index contributed by atoms with van der Waals surface area (Å²) in [6.45, 7) is 12.9. The molecule has 0 aliphatic carbocycles. The number of hydrogen-bond donors (Lipinski definition) is 0. The van der Waals surface area contributed by atoms with Gasteiger partial charge in [-0.05, 0) is 69.9 Å². The third-order valence-electron chi connectivity index (χ3n) is 7.50. The summed E-state index contributed by atoms with van der Waals surface area (Å²) in [6, 6.07) is 16.1. The average Bonchev–Trinajstić information content (AvgIpc) is 2.86. The van der Waals surface area contributed by atoms with Crippen molar-refractivity contribution in [2.75, 3.05) is 33.2 Å². The van der Waals surface area contributed by atoms with Crippen LogP contribution >= 0.6 is 11.8 Å². The summed E-state index contributed by atoms with van der Waals surface area (Å²) < 4.78 is 12.8. The maximum absolute atomic E-state index is 6.38. The van der Waals surface area contributed by atoms with Crippen LogP contribution in [0.2, 0.25) is 0 Å². The number of benzene rings is 2. The largest absolute Gasteiger partial charge is 0.494 e. The van der Waals surface area contributed by atoms with Gasteiger partial charge in [-0.15, -0.1) is 0 Å². The summed E-state index contributed by atoms with van der Waals surface area (Å²) in [4.78, 5) is 7.84. The van der Waals surface area contributed by atoms with E-state index in [0.717, 1.165) is 38.1 Å². The van der Waals surface area contributed by atoms with Crippen molar-refractivity contribution in [3.8, 4) is 0 Å². The van der Waals surface area contributed by atoms with Crippen molar-refractivity contribution < 1.29 is 9.31 Å². The van der Waals surface area contributed by atoms with Crippen LogP contribution in [0, 0.1) is 0 Å². The molecule has 0 amide bonds. The molecule has 0 radical (unpaired) electrons. The highest BCUT2D eigenvalue weighted by Crippen LogP contribution is 2.43. The van der Waals surface area contributed by atoms with Crippen LogP contribution in [0.3, 0.4) is 0 Å². The Balaban J connectivity index is 1.53. The van der Waals surface area contributed by atoms with E-state index in [1.807, 2.05) is 11.8 Å². The molecular weight excluding hydrogens is 403 g/mol. The second-order valence-corrected chi connectivity index (χ2v) is 11.2. The van der Waals surface area contributed by atoms with E-state index < -0.39 is 0 Å². The van der Waals surface area contributed by atoms with Crippen molar-refractivity contribution in [3.63, 3.8) is 0 Å². The predicted molar refractivity (Wildman–Crippen MR) is 128 cm³/mol. The lowest BCUT2D eigenvalue weighted by Crippen LogP contribution is -2.46. The number of nitrogens with zero attached hydrogens (tertiary/aromatic N) is 2. The minimum Gasteiger partial charge on any atom is -0.399 e. The molecule has 0 bridgehead atoms. The second kappa shape index (κ2) is 7.93. The minimum atomic E-state index is -0.327. The van der Waals surface area contributed by atoms with Gasteiger partial charge >= 0.3 is 7.12 Å². The van der Waals surface area contributed by atoms with E-state index in [4.69, 9.17) is 9.31 Å². The van der Waals surface area contributed by atoms with E-state index in [1.165, 1.54) is 20.9 Å². The molecule has 0 spiro atoms. The van der Waals surface area contributed by atoms with Gasteiger partial charge < -0.3 is 14.2 Å². The first-order chi connectivity index (χ1) is 14.7. The van der Waals surface area contributed by atoms with E-state index in [-0.39, 0.29) is 18.3 Å². The highest BCUT2D eigenvalue weighted by molar-refractivity contribution is 7.99. The number of piperazine rings is 1. The van der Waals surface area contributed by atoms with Crippen molar-refractivity contribution in [3.05, 3.63) is 53.6 Å². The number of hydrogen-bond acceptors (Lipinski definition) is 5. The van der Waals surface area contributed by atoms with E-state index in [0.29, 0.717) is 6.04 Å². The molecule has 164 valence electrons. The molecule has 1 unspecified atom stereocenters. The molecule has 2 saturated heterocycles. The van der Waals surface area contributed by atoms with E-state index >= 15 is 0 Å². The van der Waals surface area contributed by atoms with Crippen LogP contribution in [0.4, 0.5) is 0 Å². The molecule has 6 heteroatoms. The van der Waals surface area contributed by atoms with Crippen molar-refractivity contribution in [1.29, 1.82) is 0 Å². The maximum atomic E-state index is 6.38. The summed E-state index contributed by atoms with van der Waals surface area (Å²) >= 11 is 1.90. The highest BCUT2D eigenvalue weighted by Gasteiger charge is 2.51. The highest BCUT2D eigenvalue weighted by atomic mass is 32.2. The molecule has 0 aromatic heterocycles. The summed E-state index contributed by atoms with van der Waals surface area (Å²) in [5, 5.41) is 0. The van der Waals surface area contributed by atoms with Crippen LogP contribution < -0.4 is 5.46 Å². The van der Waals surface area contributed by atoms with Crippen molar-refractivity contribution in [1.82, 2.24) is 9.80 Å². The monoisotopic (exact) mass is 436 g/mol. The Kier molecular flexibility index (Phi) is 5.51. The first-order valence-corrected chi connectivity index (χ1v) is 12.2. The third-order valence-corrected chi connectivity index (χ3v) is 8.71. The Hall–Kier alpha value is -1.31. The number of fused-ring (bicyclic) bond motifs is 2. The van der Waals surface area contributed by atoms with E-state index in [2.05, 4.69) is 87.0 Å². The van der Waals surface area contributed by atoms with Crippen LogP contribution in [0.25, 0.3) is 0 Å². The van der Waals surface area contributed by atoms with E-state index in [1.54, 1.807) is 0 Å². The zero-order valence-corrected chi connectivity index (χ0v) is 20.2. The Morgan fingerprint density at radius 1 is 0.903 bits per heavy atom. The smallest absolute Gasteiger partial charge is 0.399 e. The molecular formula is C25H33BN2O2S. The van der Waals surface area contributed by atoms with Gasteiger partial charge in [0.05, 0.1) is 11.2 Å². The van der Waals surface area contributed by atoms with E-state index in [9.17, 15) is 0 Å². The lowest BCUT2D eigenvalue weighted by Gasteiger charge is -2.38.